The van der Waals surface area contributed by atoms with Crippen LogP contribution in [0.1, 0.15) is 36.7 Å². The van der Waals surface area contributed by atoms with Crippen LogP contribution >= 0.6 is 0 Å². The number of aromatic nitrogens is 2. The van der Waals surface area contributed by atoms with E-state index in [4.69, 9.17) is 4.74 Å². The lowest BCUT2D eigenvalue weighted by Gasteiger charge is -2.34. The predicted molar refractivity (Wildman–Crippen MR) is 93.1 cm³/mol. The van der Waals surface area contributed by atoms with Crippen LogP contribution < -0.4 is 4.74 Å². The normalized spacial score (nSPS) is 17.6. The average molecular weight is 345 g/mol. The smallest absolute Gasteiger partial charge is 0.222 e. The highest BCUT2D eigenvalue weighted by atomic mass is 19.1. The molecule has 1 aromatic heterocycles. The van der Waals surface area contributed by atoms with Gasteiger partial charge in [-0.05, 0) is 43.9 Å². The Morgan fingerprint density at radius 1 is 1.44 bits per heavy atom. The highest BCUT2D eigenvalue weighted by Crippen LogP contribution is 2.24. The summed E-state index contributed by atoms with van der Waals surface area (Å²) in [4.78, 5) is 18.8. The van der Waals surface area contributed by atoms with Gasteiger partial charge in [0.15, 0.2) is 11.6 Å². The third kappa shape index (κ3) is 4.00. The van der Waals surface area contributed by atoms with E-state index >= 15 is 0 Å². The molecule has 1 saturated heterocycles. The molecule has 2 aromatic rings. The fraction of sp³-hybridized carbons (Fsp3) is 0.474. The number of hydrogen-bond acceptors (Lipinski definition) is 3. The van der Waals surface area contributed by atoms with E-state index in [0.29, 0.717) is 25.4 Å². The molecular weight excluding hydrogens is 321 g/mol. The molecule has 0 bridgehead atoms. The topological polar surface area (TPSA) is 47.4 Å². The number of nitrogens with zero attached hydrogens (tertiary/aromatic N) is 3. The molecular formula is C19H24FN3O2. The van der Waals surface area contributed by atoms with Crippen molar-refractivity contribution in [2.24, 2.45) is 0 Å². The summed E-state index contributed by atoms with van der Waals surface area (Å²) < 4.78 is 20.8. The van der Waals surface area contributed by atoms with E-state index in [1.807, 2.05) is 24.1 Å². The summed E-state index contributed by atoms with van der Waals surface area (Å²) in [7, 11) is 1.44. The van der Waals surface area contributed by atoms with Crippen LogP contribution in [-0.2, 0) is 11.2 Å². The van der Waals surface area contributed by atoms with Crippen LogP contribution in [0.5, 0.6) is 5.75 Å². The Hall–Kier alpha value is -2.37. The van der Waals surface area contributed by atoms with Gasteiger partial charge in [0.2, 0.25) is 5.91 Å². The molecule has 1 fully saturated rings. The van der Waals surface area contributed by atoms with Gasteiger partial charge in [-0.1, -0.05) is 6.07 Å². The summed E-state index contributed by atoms with van der Waals surface area (Å²) in [5.41, 5.74) is 0.811. The second-order valence-electron chi connectivity index (χ2n) is 6.49. The van der Waals surface area contributed by atoms with Crippen LogP contribution in [0, 0.1) is 12.7 Å². The van der Waals surface area contributed by atoms with Crippen molar-refractivity contribution in [3.05, 3.63) is 47.8 Å². The number of piperidine rings is 1. The number of hydrogen-bond donors (Lipinski definition) is 0. The minimum absolute atomic E-state index is 0.124. The van der Waals surface area contributed by atoms with Gasteiger partial charge in [0.05, 0.1) is 13.2 Å². The SMILES string of the molecule is COc1ccc(CCC(=O)N2CCCC(n3ccnc3C)C2)cc1F. The van der Waals surface area contributed by atoms with Gasteiger partial charge in [0.1, 0.15) is 5.82 Å². The molecule has 6 heteroatoms. The molecule has 5 nitrogen and oxygen atoms in total. The van der Waals surface area contributed by atoms with E-state index in [9.17, 15) is 9.18 Å². The first-order valence-electron chi connectivity index (χ1n) is 8.68. The van der Waals surface area contributed by atoms with Gasteiger partial charge in [0, 0.05) is 31.9 Å². The van der Waals surface area contributed by atoms with Gasteiger partial charge in [-0.3, -0.25) is 4.79 Å². The van der Waals surface area contributed by atoms with Gasteiger partial charge >= 0.3 is 0 Å². The fourth-order valence-corrected chi connectivity index (χ4v) is 3.46. The van der Waals surface area contributed by atoms with Gasteiger partial charge in [-0.15, -0.1) is 0 Å². The minimum Gasteiger partial charge on any atom is -0.494 e. The van der Waals surface area contributed by atoms with Crippen molar-refractivity contribution >= 4 is 5.91 Å². The molecule has 1 aromatic carbocycles. The number of benzene rings is 1. The molecule has 1 amide bonds. The fourth-order valence-electron chi connectivity index (χ4n) is 3.46. The van der Waals surface area contributed by atoms with Crippen molar-refractivity contribution in [3.8, 4) is 5.75 Å². The number of carbonyl (C=O) groups is 1. The third-order valence-corrected chi connectivity index (χ3v) is 4.85. The first-order valence-corrected chi connectivity index (χ1v) is 8.68. The van der Waals surface area contributed by atoms with Crippen LogP contribution in [0.25, 0.3) is 0 Å². The molecule has 0 spiro atoms. The van der Waals surface area contributed by atoms with E-state index in [1.54, 1.807) is 12.3 Å². The highest BCUT2D eigenvalue weighted by Gasteiger charge is 2.25. The van der Waals surface area contributed by atoms with Crippen LogP contribution in [-0.4, -0.2) is 40.6 Å². The molecule has 1 aliphatic heterocycles. The maximum Gasteiger partial charge on any atom is 0.222 e. The zero-order valence-corrected chi connectivity index (χ0v) is 14.7. The number of ether oxygens (including phenoxy) is 1. The van der Waals surface area contributed by atoms with Gasteiger partial charge in [0.25, 0.3) is 0 Å². The van der Waals surface area contributed by atoms with E-state index < -0.39 is 0 Å². The first-order chi connectivity index (χ1) is 12.1. The summed E-state index contributed by atoms with van der Waals surface area (Å²) >= 11 is 0. The summed E-state index contributed by atoms with van der Waals surface area (Å²) in [6, 6.07) is 5.15. The molecule has 134 valence electrons. The van der Waals surface area contributed by atoms with Crippen LogP contribution in [0.4, 0.5) is 4.39 Å². The molecule has 0 saturated carbocycles. The largest absolute Gasteiger partial charge is 0.494 e. The number of rotatable bonds is 5. The monoisotopic (exact) mass is 345 g/mol. The predicted octanol–water partition coefficient (Wildman–Crippen LogP) is 3.14. The number of imidazole rings is 1. The Morgan fingerprint density at radius 2 is 2.28 bits per heavy atom. The molecule has 0 radical (unpaired) electrons. The Balaban J connectivity index is 1.57. The van der Waals surface area contributed by atoms with E-state index in [1.165, 1.54) is 13.2 Å². The number of aryl methyl sites for hydroxylation is 2. The molecule has 2 heterocycles. The quantitative estimate of drug-likeness (QED) is 0.836. The number of carbonyl (C=O) groups excluding carboxylic acids is 1. The summed E-state index contributed by atoms with van der Waals surface area (Å²) in [5, 5.41) is 0. The number of methoxy groups -OCH3 is 1. The summed E-state index contributed by atoms with van der Waals surface area (Å²) in [6.07, 6.45) is 6.75. The minimum atomic E-state index is -0.388. The Labute approximate surface area is 147 Å². The molecule has 1 unspecified atom stereocenters. The lowest BCUT2D eigenvalue weighted by molar-refractivity contribution is -0.132. The third-order valence-electron chi connectivity index (χ3n) is 4.85. The molecule has 0 aliphatic carbocycles. The van der Waals surface area contributed by atoms with E-state index in [2.05, 4.69) is 9.55 Å². The number of amides is 1. The maximum absolute atomic E-state index is 13.7. The van der Waals surface area contributed by atoms with Gasteiger partial charge in [-0.2, -0.15) is 0 Å². The summed E-state index contributed by atoms with van der Waals surface area (Å²) in [5.74, 6) is 0.942. The van der Waals surface area contributed by atoms with Crippen LogP contribution in [0.15, 0.2) is 30.6 Å². The van der Waals surface area contributed by atoms with E-state index in [-0.39, 0.29) is 17.5 Å². The van der Waals surface area contributed by atoms with E-state index in [0.717, 1.165) is 30.8 Å². The first kappa shape index (κ1) is 17.5. The Kier molecular flexibility index (Phi) is 5.36. The van der Waals surface area contributed by atoms with Crippen molar-refractivity contribution in [1.82, 2.24) is 14.5 Å². The summed E-state index contributed by atoms with van der Waals surface area (Å²) in [6.45, 7) is 3.49. The van der Waals surface area contributed by atoms with Gasteiger partial charge < -0.3 is 14.2 Å². The maximum atomic E-state index is 13.7. The van der Waals surface area contributed by atoms with Crippen molar-refractivity contribution in [3.63, 3.8) is 0 Å². The van der Waals surface area contributed by atoms with Crippen molar-refractivity contribution in [1.29, 1.82) is 0 Å². The van der Waals surface area contributed by atoms with Crippen molar-refractivity contribution in [2.45, 2.75) is 38.6 Å². The number of likely N-dealkylation sites (tertiary alicyclic amines) is 1. The van der Waals surface area contributed by atoms with Crippen molar-refractivity contribution < 1.29 is 13.9 Å². The Morgan fingerprint density at radius 3 is 2.96 bits per heavy atom. The molecule has 25 heavy (non-hydrogen) atoms. The lowest BCUT2D eigenvalue weighted by atomic mass is 10.0. The highest BCUT2D eigenvalue weighted by molar-refractivity contribution is 5.76. The zero-order valence-electron chi connectivity index (χ0n) is 14.7. The molecule has 1 atom stereocenters. The standard InChI is InChI=1S/C19H24FN3O2/c1-14-21-9-11-23(14)16-4-3-10-22(13-16)19(24)8-6-15-5-7-18(25-2)17(20)12-15/h5,7,9,11-12,16H,3-4,6,8,10,13H2,1-2H3. The second-order valence-corrected chi connectivity index (χ2v) is 6.49. The van der Waals surface area contributed by atoms with Crippen LogP contribution in [0.2, 0.25) is 0 Å². The lowest BCUT2D eigenvalue weighted by Crippen LogP contribution is -2.40. The average Bonchev–Trinajstić information content (AvgIpc) is 3.06. The zero-order chi connectivity index (χ0) is 17.8. The molecule has 0 N–H and O–H groups in total. The Bertz CT molecular complexity index is 744. The molecule has 3 rings (SSSR count). The van der Waals surface area contributed by atoms with Crippen LogP contribution in [0.3, 0.4) is 0 Å². The molecule has 1 aliphatic rings. The second kappa shape index (κ2) is 7.68. The number of halogens is 1. The van der Waals surface area contributed by atoms with Gasteiger partial charge in [-0.25, -0.2) is 9.37 Å². The van der Waals surface area contributed by atoms with Crippen molar-refractivity contribution in [2.75, 3.05) is 20.2 Å².